The van der Waals surface area contributed by atoms with Gasteiger partial charge in [-0.25, -0.2) is 0 Å². The molecule has 1 saturated carbocycles. The van der Waals surface area contributed by atoms with Crippen LogP contribution in [-0.4, -0.2) is 24.3 Å². The van der Waals surface area contributed by atoms with E-state index in [1.165, 1.54) is 0 Å². The molecule has 0 aromatic heterocycles. The van der Waals surface area contributed by atoms with Crippen LogP contribution in [0.3, 0.4) is 0 Å². The second kappa shape index (κ2) is 5.17. The van der Waals surface area contributed by atoms with E-state index in [1.54, 1.807) is 12.1 Å². The van der Waals surface area contributed by atoms with Crippen molar-refractivity contribution in [2.24, 2.45) is 0 Å². The van der Waals surface area contributed by atoms with Crippen LogP contribution in [0.25, 0.3) is 0 Å². The molecule has 0 amide bonds. The minimum atomic E-state index is -0.873. The van der Waals surface area contributed by atoms with Crippen molar-refractivity contribution in [1.82, 2.24) is 0 Å². The Kier molecular flexibility index (Phi) is 3.50. The average molecular weight is 297 g/mol. The number of ether oxygens (including phenoxy) is 2. The summed E-state index contributed by atoms with van der Waals surface area (Å²) in [4.78, 5) is 11.8. The van der Waals surface area contributed by atoms with E-state index in [0.29, 0.717) is 48.1 Å². The number of hydrogen-bond donors (Lipinski definition) is 1. The minimum absolute atomic E-state index is 0.397. The van der Waals surface area contributed by atoms with Crippen molar-refractivity contribution < 1.29 is 19.4 Å². The molecular formula is C15H17ClO4. The molecule has 108 valence electrons. The molecule has 1 aromatic carbocycles. The molecule has 0 radical (unpaired) electrons. The molecule has 1 fully saturated rings. The van der Waals surface area contributed by atoms with Crippen LogP contribution >= 0.6 is 11.6 Å². The third-order valence-electron chi connectivity index (χ3n) is 4.24. The monoisotopic (exact) mass is 296 g/mol. The van der Waals surface area contributed by atoms with E-state index in [4.69, 9.17) is 21.1 Å². The molecule has 4 nitrogen and oxygen atoms in total. The Bertz CT molecular complexity index is 535. The van der Waals surface area contributed by atoms with Crippen molar-refractivity contribution in [1.29, 1.82) is 0 Å². The summed E-state index contributed by atoms with van der Waals surface area (Å²) in [5, 5.41) is 10.1. The number of carbonyl (C=O) groups is 1. The SMILES string of the molecule is O=C(O)C1(c2ccc3c(c2Cl)OCCCO3)CCCC1. The molecule has 0 unspecified atom stereocenters. The minimum Gasteiger partial charge on any atom is -0.490 e. The van der Waals surface area contributed by atoms with E-state index in [-0.39, 0.29) is 0 Å². The molecule has 0 spiro atoms. The zero-order valence-electron chi connectivity index (χ0n) is 11.2. The summed E-state index contributed by atoms with van der Waals surface area (Å²) in [5.41, 5.74) is -0.213. The molecule has 0 bridgehead atoms. The quantitative estimate of drug-likeness (QED) is 0.909. The predicted molar refractivity (Wildman–Crippen MR) is 74.8 cm³/mol. The lowest BCUT2D eigenvalue weighted by Crippen LogP contribution is -2.33. The number of carboxylic acid groups (broad SMARTS) is 1. The van der Waals surface area contributed by atoms with Gasteiger partial charge in [-0.1, -0.05) is 30.5 Å². The van der Waals surface area contributed by atoms with Gasteiger partial charge in [0.1, 0.15) is 0 Å². The molecule has 1 heterocycles. The van der Waals surface area contributed by atoms with Crippen LogP contribution < -0.4 is 9.47 Å². The first kappa shape index (κ1) is 13.6. The molecule has 3 rings (SSSR count). The summed E-state index contributed by atoms with van der Waals surface area (Å²) >= 11 is 6.44. The molecule has 0 atom stereocenters. The van der Waals surface area contributed by atoms with Gasteiger partial charge in [-0.2, -0.15) is 0 Å². The van der Waals surface area contributed by atoms with E-state index in [2.05, 4.69) is 0 Å². The molecular weight excluding hydrogens is 280 g/mol. The molecule has 1 aromatic rings. The highest BCUT2D eigenvalue weighted by Gasteiger charge is 2.45. The van der Waals surface area contributed by atoms with Crippen molar-refractivity contribution >= 4 is 17.6 Å². The highest BCUT2D eigenvalue weighted by molar-refractivity contribution is 6.33. The second-order valence-electron chi connectivity index (χ2n) is 5.40. The Morgan fingerprint density at radius 2 is 1.85 bits per heavy atom. The van der Waals surface area contributed by atoms with Crippen LogP contribution in [0.15, 0.2) is 12.1 Å². The van der Waals surface area contributed by atoms with Crippen molar-refractivity contribution in [2.75, 3.05) is 13.2 Å². The van der Waals surface area contributed by atoms with Crippen LogP contribution in [-0.2, 0) is 10.2 Å². The Hall–Kier alpha value is -1.42. The second-order valence-corrected chi connectivity index (χ2v) is 5.78. The first-order chi connectivity index (χ1) is 9.65. The number of hydrogen-bond acceptors (Lipinski definition) is 3. The van der Waals surface area contributed by atoms with E-state index in [0.717, 1.165) is 19.3 Å². The van der Waals surface area contributed by atoms with Gasteiger partial charge in [0.2, 0.25) is 0 Å². The first-order valence-corrected chi connectivity index (χ1v) is 7.35. The highest BCUT2D eigenvalue weighted by Crippen LogP contribution is 2.49. The van der Waals surface area contributed by atoms with Crippen LogP contribution in [0.4, 0.5) is 0 Å². The van der Waals surface area contributed by atoms with Gasteiger partial charge < -0.3 is 14.6 Å². The van der Waals surface area contributed by atoms with E-state index < -0.39 is 11.4 Å². The molecule has 1 aliphatic heterocycles. The van der Waals surface area contributed by atoms with Crippen LogP contribution in [0.5, 0.6) is 11.5 Å². The van der Waals surface area contributed by atoms with Crippen LogP contribution in [0, 0.1) is 0 Å². The average Bonchev–Trinajstić information content (AvgIpc) is 2.79. The summed E-state index contributed by atoms with van der Waals surface area (Å²) in [5.74, 6) is 0.301. The molecule has 2 aliphatic rings. The summed E-state index contributed by atoms with van der Waals surface area (Å²) < 4.78 is 11.2. The molecule has 20 heavy (non-hydrogen) atoms. The topological polar surface area (TPSA) is 55.8 Å². The number of aliphatic carboxylic acids is 1. The Balaban J connectivity index is 2.10. The van der Waals surface area contributed by atoms with Gasteiger partial charge in [-0.3, -0.25) is 4.79 Å². The summed E-state index contributed by atoms with van der Waals surface area (Å²) in [6.07, 6.45) is 3.88. The van der Waals surface area contributed by atoms with Crippen LogP contribution in [0.2, 0.25) is 5.02 Å². The smallest absolute Gasteiger partial charge is 0.314 e. The normalized spacial score (nSPS) is 20.4. The van der Waals surface area contributed by atoms with Gasteiger partial charge in [-0.15, -0.1) is 0 Å². The molecule has 1 aliphatic carbocycles. The number of halogens is 1. The van der Waals surface area contributed by atoms with Gasteiger partial charge >= 0.3 is 5.97 Å². The number of carboxylic acids is 1. The highest BCUT2D eigenvalue weighted by atomic mass is 35.5. The maximum absolute atomic E-state index is 11.8. The van der Waals surface area contributed by atoms with Crippen molar-refractivity contribution in [3.63, 3.8) is 0 Å². The zero-order chi connectivity index (χ0) is 14.2. The third kappa shape index (κ3) is 2.03. The zero-order valence-corrected chi connectivity index (χ0v) is 11.9. The van der Waals surface area contributed by atoms with Gasteiger partial charge in [0.25, 0.3) is 0 Å². The van der Waals surface area contributed by atoms with Crippen molar-refractivity contribution in [2.45, 2.75) is 37.5 Å². The number of fused-ring (bicyclic) bond motifs is 1. The van der Waals surface area contributed by atoms with Gasteiger partial charge in [-0.05, 0) is 24.5 Å². The predicted octanol–water partition coefficient (Wildman–Crippen LogP) is 3.40. The standard InChI is InChI=1S/C15H17ClO4/c16-12-10(15(14(17)18)6-1-2-7-15)4-5-11-13(12)20-9-3-8-19-11/h4-5H,1-3,6-9H2,(H,17,18). The van der Waals surface area contributed by atoms with Crippen molar-refractivity contribution in [3.05, 3.63) is 22.7 Å². The summed E-state index contributed by atoms with van der Waals surface area (Å²) in [7, 11) is 0. The maximum Gasteiger partial charge on any atom is 0.314 e. The van der Waals surface area contributed by atoms with Crippen LogP contribution in [0.1, 0.15) is 37.7 Å². The fourth-order valence-electron chi connectivity index (χ4n) is 3.15. The summed E-state index contributed by atoms with van der Waals surface area (Å²) in [6.45, 7) is 1.13. The van der Waals surface area contributed by atoms with E-state index in [1.807, 2.05) is 0 Å². The lowest BCUT2D eigenvalue weighted by Gasteiger charge is -2.26. The fraction of sp³-hybridized carbons (Fsp3) is 0.533. The molecule has 1 N–H and O–H groups in total. The van der Waals surface area contributed by atoms with E-state index in [9.17, 15) is 9.90 Å². The Labute approximate surface area is 122 Å². The third-order valence-corrected chi connectivity index (χ3v) is 4.61. The number of rotatable bonds is 2. The van der Waals surface area contributed by atoms with Gasteiger partial charge in [0, 0.05) is 6.42 Å². The van der Waals surface area contributed by atoms with Gasteiger partial charge in [0.15, 0.2) is 11.5 Å². The largest absolute Gasteiger partial charge is 0.490 e. The van der Waals surface area contributed by atoms with Crippen molar-refractivity contribution in [3.8, 4) is 11.5 Å². The molecule has 5 heteroatoms. The Morgan fingerprint density at radius 3 is 2.55 bits per heavy atom. The van der Waals surface area contributed by atoms with E-state index >= 15 is 0 Å². The van der Waals surface area contributed by atoms with Gasteiger partial charge in [0.05, 0.1) is 23.7 Å². The Morgan fingerprint density at radius 1 is 1.15 bits per heavy atom. The number of benzene rings is 1. The fourth-order valence-corrected chi connectivity index (χ4v) is 3.54. The summed E-state index contributed by atoms with van der Waals surface area (Å²) in [6, 6.07) is 3.57. The maximum atomic E-state index is 11.8. The lowest BCUT2D eigenvalue weighted by molar-refractivity contribution is -0.143. The lowest BCUT2D eigenvalue weighted by atomic mass is 9.79. The molecule has 0 saturated heterocycles. The first-order valence-electron chi connectivity index (χ1n) is 6.97.